The van der Waals surface area contributed by atoms with Crippen LogP contribution in [0.5, 0.6) is 0 Å². The molecule has 102 valence electrons. The van der Waals surface area contributed by atoms with Crippen molar-refractivity contribution in [2.75, 3.05) is 19.6 Å². The van der Waals surface area contributed by atoms with Gasteiger partial charge in [0.05, 0.1) is 0 Å². The van der Waals surface area contributed by atoms with E-state index in [0.29, 0.717) is 5.54 Å². The van der Waals surface area contributed by atoms with Crippen molar-refractivity contribution in [1.82, 2.24) is 10.2 Å². The molecule has 2 atom stereocenters. The lowest BCUT2D eigenvalue weighted by Crippen LogP contribution is -2.59. The van der Waals surface area contributed by atoms with Crippen LogP contribution in [0.25, 0.3) is 0 Å². The number of hydrogen-bond donors (Lipinski definition) is 1. The standard InChI is InChI=1S/C17H24N2/c1-2-6-14(7-3-1)15-12-16(15)19-11-10-18-17(13-19)8-4-5-9-17/h1-3,6-7,15-16,18H,4-5,8-13H2. The predicted octanol–water partition coefficient (Wildman–Crippen LogP) is 2.76. The van der Waals surface area contributed by atoms with E-state index in [1.165, 1.54) is 51.7 Å². The zero-order valence-electron chi connectivity index (χ0n) is 11.6. The van der Waals surface area contributed by atoms with Crippen LogP contribution < -0.4 is 5.32 Å². The van der Waals surface area contributed by atoms with Crippen LogP contribution in [0.15, 0.2) is 30.3 Å². The van der Waals surface area contributed by atoms with Gasteiger partial charge in [0.15, 0.2) is 0 Å². The van der Waals surface area contributed by atoms with Crippen molar-refractivity contribution < 1.29 is 0 Å². The normalized spacial score (nSPS) is 33.7. The highest BCUT2D eigenvalue weighted by molar-refractivity contribution is 5.28. The SMILES string of the molecule is c1ccc(C2CC2N2CCNC3(CCCC3)C2)cc1. The summed E-state index contributed by atoms with van der Waals surface area (Å²) >= 11 is 0. The number of nitrogens with one attached hydrogen (secondary N) is 1. The molecule has 2 unspecified atom stereocenters. The third-order valence-corrected chi connectivity index (χ3v) is 5.42. The van der Waals surface area contributed by atoms with E-state index in [0.717, 1.165) is 12.0 Å². The first-order chi connectivity index (χ1) is 9.36. The highest BCUT2D eigenvalue weighted by Crippen LogP contribution is 2.46. The van der Waals surface area contributed by atoms with E-state index in [-0.39, 0.29) is 0 Å². The molecule has 1 heterocycles. The highest BCUT2D eigenvalue weighted by Gasteiger charge is 2.47. The van der Waals surface area contributed by atoms with Gasteiger partial charge in [-0.05, 0) is 24.8 Å². The van der Waals surface area contributed by atoms with Gasteiger partial charge in [0.1, 0.15) is 0 Å². The first kappa shape index (κ1) is 11.9. The largest absolute Gasteiger partial charge is 0.309 e. The van der Waals surface area contributed by atoms with Crippen LogP contribution in [-0.4, -0.2) is 36.1 Å². The molecule has 2 heteroatoms. The van der Waals surface area contributed by atoms with Crippen LogP contribution in [0, 0.1) is 0 Å². The predicted molar refractivity (Wildman–Crippen MR) is 78.4 cm³/mol. The lowest BCUT2D eigenvalue weighted by Gasteiger charge is -2.42. The Morgan fingerprint density at radius 1 is 1.11 bits per heavy atom. The molecule has 0 radical (unpaired) electrons. The molecule has 2 aliphatic carbocycles. The van der Waals surface area contributed by atoms with Gasteiger partial charge >= 0.3 is 0 Å². The molecule has 1 aromatic rings. The van der Waals surface area contributed by atoms with Crippen molar-refractivity contribution in [3.63, 3.8) is 0 Å². The van der Waals surface area contributed by atoms with Crippen LogP contribution in [0.3, 0.4) is 0 Å². The maximum Gasteiger partial charge on any atom is 0.0309 e. The minimum atomic E-state index is 0.474. The van der Waals surface area contributed by atoms with E-state index >= 15 is 0 Å². The summed E-state index contributed by atoms with van der Waals surface area (Å²) in [6.45, 7) is 3.73. The second-order valence-corrected chi connectivity index (χ2v) is 6.70. The van der Waals surface area contributed by atoms with Crippen molar-refractivity contribution in [2.24, 2.45) is 0 Å². The van der Waals surface area contributed by atoms with Gasteiger partial charge in [-0.15, -0.1) is 0 Å². The molecule has 1 saturated heterocycles. The molecule has 1 aromatic carbocycles. The van der Waals surface area contributed by atoms with E-state index < -0.39 is 0 Å². The van der Waals surface area contributed by atoms with Gasteiger partial charge in [0.2, 0.25) is 0 Å². The molecular weight excluding hydrogens is 232 g/mol. The summed E-state index contributed by atoms with van der Waals surface area (Å²) in [7, 11) is 0. The summed E-state index contributed by atoms with van der Waals surface area (Å²) in [5.41, 5.74) is 2.02. The Bertz CT molecular complexity index is 436. The Labute approximate surface area is 116 Å². The van der Waals surface area contributed by atoms with Gasteiger partial charge in [-0.1, -0.05) is 43.2 Å². The Hall–Kier alpha value is -0.860. The van der Waals surface area contributed by atoms with E-state index in [4.69, 9.17) is 0 Å². The fraction of sp³-hybridized carbons (Fsp3) is 0.647. The summed E-state index contributed by atoms with van der Waals surface area (Å²) in [5.74, 6) is 0.803. The first-order valence-corrected chi connectivity index (χ1v) is 7.90. The summed E-state index contributed by atoms with van der Waals surface area (Å²) in [6.07, 6.45) is 7.01. The van der Waals surface area contributed by atoms with Gasteiger partial charge in [0, 0.05) is 37.1 Å². The van der Waals surface area contributed by atoms with Gasteiger partial charge in [-0.3, -0.25) is 4.90 Å². The number of benzene rings is 1. The lowest BCUT2D eigenvalue weighted by atomic mass is 9.94. The zero-order chi connectivity index (χ0) is 12.7. The van der Waals surface area contributed by atoms with Crippen LogP contribution in [0.1, 0.15) is 43.6 Å². The average molecular weight is 256 g/mol. The molecule has 3 fully saturated rings. The number of rotatable bonds is 2. The molecule has 1 aliphatic heterocycles. The van der Waals surface area contributed by atoms with Crippen molar-refractivity contribution in [3.05, 3.63) is 35.9 Å². The number of nitrogens with zero attached hydrogens (tertiary/aromatic N) is 1. The van der Waals surface area contributed by atoms with Crippen LogP contribution in [0.4, 0.5) is 0 Å². The molecule has 0 aromatic heterocycles. The molecule has 0 amide bonds. The van der Waals surface area contributed by atoms with E-state index in [9.17, 15) is 0 Å². The highest BCUT2D eigenvalue weighted by atomic mass is 15.3. The van der Waals surface area contributed by atoms with Gasteiger partial charge in [0.25, 0.3) is 0 Å². The maximum atomic E-state index is 3.82. The van der Waals surface area contributed by atoms with E-state index in [1.807, 2.05) is 0 Å². The number of hydrogen-bond acceptors (Lipinski definition) is 2. The zero-order valence-corrected chi connectivity index (χ0v) is 11.6. The van der Waals surface area contributed by atoms with Crippen LogP contribution >= 0.6 is 0 Å². The summed E-state index contributed by atoms with van der Waals surface area (Å²) in [6, 6.07) is 11.9. The smallest absolute Gasteiger partial charge is 0.0309 e. The minimum absolute atomic E-state index is 0.474. The Morgan fingerprint density at radius 2 is 1.89 bits per heavy atom. The quantitative estimate of drug-likeness (QED) is 0.875. The lowest BCUT2D eigenvalue weighted by molar-refractivity contribution is 0.126. The second-order valence-electron chi connectivity index (χ2n) is 6.70. The molecule has 4 rings (SSSR count). The number of piperazine rings is 1. The fourth-order valence-electron chi connectivity index (χ4n) is 4.30. The third kappa shape index (κ3) is 2.21. The molecule has 2 nitrogen and oxygen atoms in total. The summed E-state index contributed by atoms with van der Waals surface area (Å²) < 4.78 is 0. The molecule has 2 saturated carbocycles. The minimum Gasteiger partial charge on any atom is -0.309 e. The maximum absolute atomic E-state index is 3.82. The Morgan fingerprint density at radius 3 is 2.68 bits per heavy atom. The third-order valence-electron chi connectivity index (χ3n) is 5.42. The molecule has 1 spiro atoms. The Balaban J connectivity index is 1.44. The second kappa shape index (κ2) is 4.60. The van der Waals surface area contributed by atoms with Crippen molar-refractivity contribution in [2.45, 2.75) is 49.6 Å². The monoisotopic (exact) mass is 256 g/mol. The topological polar surface area (TPSA) is 15.3 Å². The van der Waals surface area contributed by atoms with Crippen molar-refractivity contribution in [1.29, 1.82) is 0 Å². The van der Waals surface area contributed by atoms with Gasteiger partial charge in [-0.2, -0.15) is 0 Å². The van der Waals surface area contributed by atoms with Crippen LogP contribution in [0.2, 0.25) is 0 Å². The fourth-order valence-corrected chi connectivity index (χ4v) is 4.30. The van der Waals surface area contributed by atoms with Crippen molar-refractivity contribution >= 4 is 0 Å². The summed E-state index contributed by atoms with van der Waals surface area (Å²) in [4.78, 5) is 2.78. The molecule has 0 bridgehead atoms. The van der Waals surface area contributed by atoms with Crippen molar-refractivity contribution in [3.8, 4) is 0 Å². The van der Waals surface area contributed by atoms with Gasteiger partial charge in [-0.25, -0.2) is 0 Å². The molecule has 19 heavy (non-hydrogen) atoms. The van der Waals surface area contributed by atoms with Crippen LogP contribution in [-0.2, 0) is 0 Å². The van der Waals surface area contributed by atoms with E-state index in [2.05, 4.69) is 40.5 Å². The van der Waals surface area contributed by atoms with E-state index in [1.54, 1.807) is 5.56 Å². The van der Waals surface area contributed by atoms with Gasteiger partial charge < -0.3 is 5.32 Å². The molecular formula is C17H24N2. The first-order valence-electron chi connectivity index (χ1n) is 7.90. The molecule has 3 aliphatic rings. The molecule has 1 N–H and O–H groups in total. The summed E-state index contributed by atoms with van der Waals surface area (Å²) in [5, 5.41) is 3.82. The Kier molecular flexibility index (Phi) is 2.89. The average Bonchev–Trinajstić information content (AvgIpc) is 3.16.